The molecule has 4 aromatic rings. The number of aromatic nitrogens is 1. The lowest BCUT2D eigenvalue weighted by atomic mass is 10.1. The number of nitro groups is 1. The average molecular weight is 516 g/mol. The first-order chi connectivity index (χ1) is 17.1. The molecule has 1 aromatic heterocycles. The van der Waals surface area contributed by atoms with Gasteiger partial charge in [-0.2, -0.15) is 18.3 Å². The molecule has 8 nitrogen and oxygen atoms in total. The maximum atomic E-state index is 12.9. The van der Waals surface area contributed by atoms with Crippen molar-refractivity contribution >= 4 is 51.7 Å². The molecule has 0 aliphatic carbocycles. The van der Waals surface area contributed by atoms with Crippen molar-refractivity contribution in [3.05, 3.63) is 99.2 Å². The molecular formula is C24H17ClF3N5O3. The summed E-state index contributed by atoms with van der Waals surface area (Å²) in [6.07, 6.45) is -1.66. The lowest BCUT2D eigenvalue weighted by molar-refractivity contribution is -0.384. The number of anilines is 2. The Morgan fingerprint density at radius 1 is 1.11 bits per heavy atom. The predicted octanol–water partition coefficient (Wildman–Crippen LogP) is 6.31. The van der Waals surface area contributed by atoms with Crippen molar-refractivity contribution in [2.45, 2.75) is 12.7 Å². The molecule has 1 amide bonds. The van der Waals surface area contributed by atoms with E-state index in [1.54, 1.807) is 47.2 Å². The standard InChI is InChI=1S/C24H17ClF3N5O3/c25-17-6-8-18(9-7-17)30-23(34)14-32-13-15(19-3-1-2-4-21(19)32)12-29-31-20-10-5-16(24(26,27)28)11-22(20)33(35)36/h1-13,31H,14H2,(H,30,34)/b29-12-. The second kappa shape index (κ2) is 10.1. The highest BCUT2D eigenvalue weighted by atomic mass is 35.5. The SMILES string of the molecule is O=C(Cn1cc(/C=N\Nc2ccc(C(F)(F)F)cc2[N+](=O)[O-])c2ccccc21)Nc1ccc(Cl)cc1. The smallest absolute Gasteiger partial charge is 0.337 e. The first kappa shape index (κ1) is 24.7. The van der Waals surface area contributed by atoms with E-state index in [2.05, 4.69) is 15.8 Å². The second-order valence-electron chi connectivity index (χ2n) is 7.64. The van der Waals surface area contributed by atoms with Gasteiger partial charge in [0.2, 0.25) is 5.91 Å². The van der Waals surface area contributed by atoms with Crippen LogP contribution < -0.4 is 10.7 Å². The third-order valence-electron chi connectivity index (χ3n) is 5.17. The predicted molar refractivity (Wildman–Crippen MR) is 131 cm³/mol. The van der Waals surface area contributed by atoms with Crippen molar-refractivity contribution in [3.8, 4) is 0 Å². The summed E-state index contributed by atoms with van der Waals surface area (Å²) in [6.45, 7) is -0.00517. The van der Waals surface area contributed by atoms with Crippen molar-refractivity contribution in [1.29, 1.82) is 0 Å². The summed E-state index contributed by atoms with van der Waals surface area (Å²) < 4.78 is 40.4. The van der Waals surface area contributed by atoms with Gasteiger partial charge in [0.15, 0.2) is 0 Å². The van der Waals surface area contributed by atoms with Crippen LogP contribution in [-0.4, -0.2) is 21.6 Å². The van der Waals surface area contributed by atoms with E-state index in [0.29, 0.717) is 22.3 Å². The molecule has 2 N–H and O–H groups in total. The van der Waals surface area contributed by atoms with Crippen LogP contribution in [0.1, 0.15) is 11.1 Å². The molecule has 0 radical (unpaired) electrons. The summed E-state index contributed by atoms with van der Waals surface area (Å²) in [7, 11) is 0. The van der Waals surface area contributed by atoms with Gasteiger partial charge in [-0.3, -0.25) is 20.3 Å². The van der Waals surface area contributed by atoms with Gasteiger partial charge in [0.25, 0.3) is 5.69 Å². The number of rotatable bonds is 7. The zero-order valence-electron chi connectivity index (χ0n) is 18.3. The number of nitrogens with one attached hydrogen (secondary N) is 2. The highest BCUT2D eigenvalue weighted by Gasteiger charge is 2.33. The normalized spacial score (nSPS) is 11.7. The number of hydrogen-bond donors (Lipinski definition) is 2. The molecule has 3 aromatic carbocycles. The molecule has 0 spiro atoms. The summed E-state index contributed by atoms with van der Waals surface area (Å²) in [5, 5.41) is 19.3. The average Bonchev–Trinajstić information content (AvgIpc) is 3.17. The highest BCUT2D eigenvalue weighted by Crippen LogP contribution is 2.35. The van der Waals surface area contributed by atoms with Gasteiger partial charge in [-0.05, 0) is 42.5 Å². The Balaban J connectivity index is 1.55. The third-order valence-corrected chi connectivity index (χ3v) is 5.42. The zero-order valence-corrected chi connectivity index (χ0v) is 19.0. The fraction of sp³-hybridized carbons (Fsp3) is 0.0833. The van der Waals surface area contributed by atoms with E-state index in [-0.39, 0.29) is 18.1 Å². The Bertz CT molecular complexity index is 1470. The van der Waals surface area contributed by atoms with Crippen LogP contribution in [0.25, 0.3) is 10.9 Å². The molecule has 0 saturated carbocycles. The van der Waals surface area contributed by atoms with Crippen molar-refractivity contribution in [2.75, 3.05) is 10.7 Å². The number of para-hydroxylation sites is 1. The quantitative estimate of drug-likeness (QED) is 0.171. The van der Waals surface area contributed by atoms with Gasteiger partial charge >= 0.3 is 6.18 Å². The third kappa shape index (κ3) is 5.63. The van der Waals surface area contributed by atoms with E-state index >= 15 is 0 Å². The molecule has 1 heterocycles. The molecule has 0 aliphatic rings. The number of amides is 1. The monoisotopic (exact) mass is 515 g/mol. The maximum absolute atomic E-state index is 12.9. The summed E-state index contributed by atoms with van der Waals surface area (Å²) in [4.78, 5) is 22.9. The zero-order chi connectivity index (χ0) is 25.9. The maximum Gasteiger partial charge on any atom is 0.416 e. The molecule has 36 heavy (non-hydrogen) atoms. The van der Waals surface area contributed by atoms with Crippen molar-refractivity contribution < 1.29 is 22.9 Å². The Labute approximate surface area is 207 Å². The second-order valence-corrected chi connectivity index (χ2v) is 8.08. The van der Waals surface area contributed by atoms with Gasteiger partial charge in [0, 0.05) is 39.4 Å². The molecule has 0 saturated heterocycles. The van der Waals surface area contributed by atoms with E-state index in [9.17, 15) is 28.1 Å². The van der Waals surface area contributed by atoms with Crippen LogP contribution in [0.3, 0.4) is 0 Å². The number of hydrazone groups is 1. The Morgan fingerprint density at radius 2 is 1.83 bits per heavy atom. The fourth-order valence-corrected chi connectivity index (χ4v) is 3.65. The van der Waals surface area contributed by atoms with Gasteiger partial charge < -0.3 is 9.88 Å². The molecule has 184 valence electrons. The molecule has 0 bridgehead atoms. The van der Waals surface area contributed by atoms with Crippen LogP contribution in [0.15, 0.2) is 78.0 Å². The first-order valence-electron chi connectivity index (χ1n) is 10.4. The summed E-state index contributed by atoms with van der Waals surface area (Å²) in [6, 6.07) is 16.0. The van der Waals surface area contributed by atoms with Gasteiger partial charge in [-0.15, -0.1) is 0 Å². The van der Waals surface area contributed by atoms with Crippen LogP contribution in [0.5, 0.6) is 0 Å². The fourth-order valence-electron chi connectivity index (χ4n) is 3.52. The number of fused-ring (bicyclic) bond motifs is 1. The van der Waals surface area contributed by atoms with E-state index in [4.69, 9.17) is 11.6 Å². The molecule has 0 aliphatic heterocycles. The van der Waals surface area contributed by atoms with Crippen molar-refractivity contribution in [3.63, 3.8) is 0 Å². The van der Waals surface area contributed by atoms with Crippen LogP contribution in [0.4, 0.5) is 30.2 Å². The van der Waals surface area contributed by atoms with Crippen LogP contribution in [0.2, 0.25) is 5.02 Å². The van der Waals surface area contributed by atoms with E-state index in [1.165, 1.54) is 6.21 Å². The summed E-state index contributed by atoms with van der Waals surface area (Å²) in [5.41, 5.74) is 2.26. The number of benzene rings is 3. The Kier molecular flexibility index (Phi) is 6.93. The molecule has 0 fully saturated rings. The van der Waals surface area contributed by atoms with Gasteiger partial charge in [-0.25, -0.2) is 0 Å². The van der Waals surface area contributed by atoms with E-state index in [0.717, 1.165) is 23.0 Å². The number of carbonyl (C=O) groups is 1. The minimum atomic E-state index is -4.71. The van der Waals surface area contributed by atoms with Crippen molar-refractivity contribution in [1.82, 2.24) is 4.57 Å². The molecule has 0 unspecified atom stereocenters. The highest BCUT2D eigenvalue weighted by molar-refractivity contribution is 6.30. The minimum Gasteiger partial charge on any atom is -0.337 e. The number of hydrogen-bond acceptors (Lipinski definition) is 5. The van der Waals surface area contributed by atoms with E-state index in [1.807, 2.05) is 12.1 Å². The van der Waals surface area contributed by atoms with Crippen molar-refractivity contribution in [2.24, 2.45) is 5.10 Å². The number of halogens is 4. The molecule has 4 rings (SSSR count). The topological polar surface area (TPSA) is 102 Å². The summed E-state index contributed by atoms with van der Waals surface area (Å²) >= 11 is 5.86. The molecule has 0 atom stereocenters. The minimum absolute atomic E-state index is 0.00517. The van der Waals surface area contributed by atoms with Crippen LogP contribution in [-0.2, 0) is 17.5 Å². The van der Waals surface area contributed by atoms with Gasteiger partial charge in [0.1, 0.15) is 12.2 Å². The van der Waals surface area contributed by atoms with Gasteiger partial charge in [-0.1, -0.05) is 29.8 Å². The lowest BCUT2D eigenvalue weighted by Gasteiger charge is -2.08. The first-order valence-corrected chi connectivity index (χ1v) is 10.8. The van der Waals surface area contributed by atoms with E-state index < -0.39 is 22.4 Å². The lowest BCUT2D eigenvalue weighted by Crippen LogP contribution is -2.18. The number of nitrogens with zero attached hydrogens (tertiary/aromatic N) is 3. The number of nitro benzene ring substituents is 1. The molecular weight excluding hydrogens is 499 g/mol. The number of carbonyl (C=O) groups excluding carboxylic acids is 1. The Morgan fingerprint density at radius 3 is 2.53 bits per heavy atom. The van der Waals surface area contributed by atoms with Gasteiger partial charge in [0.05, 0.1) is 16.7 Å². The Hall–Kier alpha value is -4.38. The summed E-state index contributed by atoms with van der Waals surface area (Å²) in [5.74, 6) is -0.278. The van der Waals surface area contributed by atoms with Crippen LogP contribution in [0, 0.1) is 10.1 Å². The van der Waals surface area contributed by atoms with Crippen LogP contribution >= 0.6 is 11.6 Å². The largest absolute Gasteiger partial charge is 0.416 e. The number of alkyl halides is 3. The molecule has 12 heteroatoms.